The van der Waals surface area contributed by atoms with Crippen molar-refractivity contribution in [2.45, 2.75) is 22.8 Å². The van der Waals surface area contributed by atoms with Crippen molar-refractivity contribution in [3.05, 3.63) is 0 Å². The van der Waals surface area contributed by atoms with Crippen molar-refractivity contribution in [3.8, 4) is 0 Å². The standard InChI is InChI=1S/C5H5BrClF3O2/c6-5(9,10)4(7,8)2-1-3(11)12/h1-2H2,(H,11,12). The molecule has 0 aliphatic rings. The highest BCUT2D eigenvalue weighted by molar-refractivity contribution is 9.10. The van der Waals surface area contributed by atoms with Crippen LogP contribution in [0.4, 0.5) is 13.2 Å². The van der Waals surface area contributed by atoms with Gasteiger partial charge in [0.25, 0.3) is 5.13 Å². The zero-order valence-corrected chi connectivity index (χ0v) is 8.00. The van der Waals surface area contributed by atoms with Crippen molar-refractivity contribution in [3.63, 3.8) is 0 Å². The Labute approximate surface area is 79.8 Å². The summed E-state index contributed by atoms with van der Waals surface area (Å²) in [5.74, 6) is -1.38. The fourth-order valence-corrected chi connectivity index (χ4v) is 0.698. The van der Waals surface area contributed by atoms with Gasteiger partial charge in [-0.3, -0.25) is 4.79 Å². The average molecular weight is 269 g/mol. The van der Waals surface area contributed by atoms with Gasteiger partial charge in [-0.15, -0.1) is 0 Å². The number of carboxylic acid groups (broad SMARTS) is 1. The quantitative estimate of drug-likeness (QED) is 0.797. The lowest BCUT2D eigenvalue weighted by molar-refractivity contribution is -0.138. The minimum Gasteiger partial charge on any atom is -0.481 e. The van der Waals surface area contributed by atoms with Crippen LogP contribution in [-0.4, -0.2) is 21.0 Å². The highest BCUT2D eigenvalue weighted by Crippen LogP contribution is 2.44. The van der Waals surface area contributed by atoms with E-state index in [-0.39, 0.29) is 0 Å². The molecular weight excluding hydrogens is 264 g/mol. The molecule has 0 amide bonds. The van der Waals surface area contributed by atoms with Crippen LogP contribution in [0.1, 0.15) is 12.8 Å². The Hall–Kier alpha value is 0.0300. The van der Waals surface area contributed by atoms with Crippen molar-refractivity contribution in [1.29, 1.82) is 0 Å². The van der Waals surface area contributed by atoms with Gasteiger partial charge in [-0.2, -0.15) is 8.78 Å². The minimum atomic E-state index is -3.92. The number of hydrogen-bond acceptors (Lipinski definition) is 1. The van der Waals surface area contributed by atoms with E-state index >= 15 is 0 Å². The van der Waals surface area contributed by atoms with Crippen LogP contribution in [0.25, 0.3) is 0 Å². The van der Waals surface area contributed by atoms with Crippen molar-refractivity contribution in [2.24, 2.45) is 0 Å². The van der Waals surface area contributed by atoms with Gasteiger partial charge in [-0.25, -0.2) is 4.39 Å². The monoisotopic (exact) mass is 268 g/mol. The van der Waals surface area contributed by atoms with Gasteiger partial charge in [0.1, 0.15) is 0 Å². The fraction of sp³-hybridized carbons (Fsp3) is 0.800. The highest BCUT2D eigenvalue weighted by Gasteiger charge is 2.51. The van der Waals surface area contributed by atoms with E-state index in [4.69, 9.17) is 16.7 Å². The first-order valence-electron chi connectivity index (χ1n) is 2.83. The van der Waals surface area contributed by atoms with Crippen LogP contribution in [0.15, 0.2) is 0 Å². The number of rotatable bonds is 4. The number of halogens is 5. The molecule has 12 heavy (non-hydrogen) atoms. The average Bonchev–Trinajstić information content (AvgIpc) is 1.81. The van der Waals surface area contributed by atoms with Gasteiger partial charge in [0.15, 0.2) is 0 Å². The molecule has 1 N–H and O–H groups in total. The van der Waals surface area contributed by atoms with E-state index in [1.807, 2.05) is 0 Å². The Bertz CT molecular complexity index is 180. The van der Waals surface area contributed by atoms with E-state index in [9.17, 15) is 18.0 Å². The summed E-state index contributed by atoms with van der Waals surface area (Å²) in [6.07, 6.45) is -1.71. The normalized spacial score (nSPS) is 17.1. The van der Waals surface area contributed by atoms with Gasteiger partial charge in [-0.05, 0) is 15.9 Å². The van der Waals surface area contributed by atoms with E-state index in [1.165, 1.54) is 0 Å². The molecule has 7 heteroatoms. The number of aliphatic carboxylic acids is 1. The minimum absolute atomic E-state index is 0.749. The van der Waals surface area contributed by atoms with E-state index < -0.39 is 28.8 Å². The maximum atomic E-state index is 12.7. The van der Waals surface area contributed by atoms with Gasteiger partial charge in [0.05, 0.1) is 0 Å². The zero-order chi connectivity index (χ0) is 9.99. The maximum absolute atomic E-state index is 12.7. The van der Waals surface area contributed by atoms with Crippen LogP contribution in [0.2, 0.25) is 0 Å². The lowest BCUT2D eigenvalue weighted by Crippen LogP contribution is -2.34. The summed E-state index contributed by atoms with van der Waals surface area (Å²) in [5.41, 5.74) is 0. The third-order valence-corrected chi connectivity index (χ3v) is 2.35. The molecule has 0 aromatic rings. The molecule has 0 bridgehead atoms. The summed E-state index contributed by atoms with van der Waals surface area (Å²) in [4.78, 5) is 5.97. The zero-order valence-electron chi connectivity index (χ0n) is 5.66. The Balaban J connectivity index is 4.14. The van der Waals surface area contributed by atoms with Crippen molar-refractivity contribution in [1.82, 2.24) is 0 Å². The summed E-state index contributed by atoms with van der Waals surface area (Å²) >= 11 is 6.45. The smallest absolute Gasteiger partial charge is 0.348 e. The second-order valence-corrected chi connectivity index (χ2v) is 3.69. The van der Waals surface area contributed by atoms with Crippen molar-refractivity contribution >= 4 is 33.5 Å². The molecule has 0 aliphatic heterocycles. The molecule has 0 saturated heterocycles. The Kier molecular flexibility index (Phi) is 3.84. The number of carboxylic acids is 1. The SMILES string of the molecule is O=C(O)CCC(F)(Cl)C(F)(F)Br. The summed E-state index contributed by atoms with van der Waals surface area (Å²) in [6, 6.07) is 0. The maximum Gasteiger partial charge on any atom is 0.348 e. The third kappa shape index (κ3) is 3.62. The van der Waals surface area contributed by atoms with Crippen LogP contribution in [0, 0.1) is 0 Å². The fourth-order valence-electron chi connectivity index (χ4n) is 0.406. The molecule has 0 spiro atoms. The number of hydrogen-bond donors (Lipinski definition) is 1. The summed E-state index contributed by atoms with van der Waals surface area (Å²) in [5, 5.41) is 4.70. The molecule has 0 aliphatic carbocycles. The van der Waals surface area contributed by atoms with Crippen molar-refractivity contribution < 1.29 is 23.1 Å². The molecule has 0 saturated carbocycles. The molecular formula is C5H5BrClF3O2. The van der Waals surface area contributed by atoms with E-state index in [0.29, 0.717) is 0 Å². The van der Waals surface area contributed by atoms with Gasteiger partial charge >= 0.3 is 10.8 Å². The molecule has 0 heterocycles. The summed E-state index contributed by atoms with van der Waals surface area (Å²) in [7, 11) is 0. The lowest BCUT2D eigenvalue weighted by atomic mass is 10.2. The number of alkyl halides is 5. The van der Waals surface area contributed by atoms with Gasteiger partial charge in [0.2, 0.25) is 0 Å². The predicted octanol–water partition coefficient (Wildman–Crippen LogP) is 2.74. The number of carbonyl (C=O) groups is 1. The first kappa shape index (κ1) is 12.0. The Morgan fingerprint density at radius 3 is 2.17 bits per heavy atom. The first-order chi connectivity index (χ1) is 5.17. The summed E-state index contributed by atoms with van der Waals surface area (Å²) < 4.78 is 37.0. The molecule has 1 atom stereocenters. The largest absolute Gasteiger partial charge is 0.481 e. The summed E-state index contributed by atoms with van der Waals surface area (Å²) in [6.45, 7) is 0. The first-order valence-corrected chi connectivity index (χ1v) is 4.00. The molecule has 72 valence electrons. The van der Waals surface area contributed by atoms with Crippen LogP contribution in [0.5, 0.6) is 0 Å². The van der Waals surface area contributed by atoms with Gasteiger partial charge in [0, 0.05) is 12.8 Å². The lowest BCUT2D eigenvalue weighted by Gasteiger charge is -2.21. The van der Waals surface area contributed by atoms with Crippen LogP contribution >= 0.6 is 27.5 Å². The molecule has 0 radical (unpaired) electrons. The molecule has 0 aromatic carbocycles. The third-order valence-electron chi connectivity index (χ3n) is 1.07. The molecule has 0 rings (SSSR count). The molecule has 0 aromatic heterocycles. The van der Waals surface area contributed by atoms with Crippen LogP contribution in [-0.2, 0) is 4.79 Å². The molecule has 0 fully saturated rings. The second kappa shape index (κ2) is 3.83. The van der Waals surface area contributed by atoms with Gasteiger partial charge < -0.3 is 5.11 Å². The predicted molar refractivity (Wildman–Crippen MR) is 40.4 cm³/mol. The van der Waals surface area contributed by atoms with Crippen LogP contribution < -0.4 is 0 Å². The van der Waals surface area contributed by atoms with E-state index in [2.05, 4.69) is 0 Å². The topological polar surface area (TPSA) is 37.3 Å². The Morgan fingerprint density at radius 1 is 1.50 bits per heavy atom. The van der Waals surface area contributed by atoms with E-state index in [1.54, 1.807) is 15.9 Å². The Morgan fingerprint density at radius 2 is 1.92 bits per heavy atom. The van der Waals surface area contributed by atoms with Gasteiger partial charge in [-0.1, -0.05) is 11.6 Å². The van der Waals surface area contributed by atoms with Crippen molar-refractivity contribution in [2.75, 3.05) is 0 Å². The second-order valence-electron chi connectivity index (χ2n) is 2.10. The molecule has 1 unspecified atom stereocenters. The highest BCUT2D eigenvalue weighted by atomic mass is 79.9. The molecule has 2 nitrogen and oxygen atoms in total. The van der Waals surface area contributed by atoms with E-state index in [0.717, 1.165) is 0 Å². The van der Waals surface area contributed by atoms with Crippen LogP contribution in [0.3, 0.4) is 0 Å².